The number of halogens is 3. The number of amidine groups is 1. The normalized spacial score (nSPS) is 12.2. The van der Waals surface area contributed by atoms with E-state index in [4.69, 9.17) is 11.1 Å². The first-order chi connectivity index (χ1) is 13.7. The van der Waals surface area contributed by atoms with Crippen molar-refractivity contribution in [3.63, 3.8) is 0 Å². The van der Waals surface area contributed by atoms with Gasteiger partial charge >= 0.3 is 6.18 Å². The van der Waals surface area contributed by atoms with Crippen molar-refractivity contribution in [1.82, 2.24) is 15.0 Å². The number of hydrogen-bond donors (Lipinski definition) is 4. The van der Waals surface area contributed by atoms with E-state index in [0.29, 0.717) is 22.4 Å². The average molecular weight is 402 g/mol. The van der Waals surface area contributed by atoms with Crippen LogP contribution in [-0.4, -0.2) is 27.0 Å². The van der Waals surface area contributed by atoms with E-state index in [1.165, 1.54) is 18.3 Å². The van der Waals surface area contributed by atoms with Crippen LogP contribution in [0.5, 0.6) is 0 Å². The van der Waals surface area contributed by atoms with Crippen LogP contribution in [0.15, 0.2) is 58.4 Å². The zero-order valence-corrected chi connectivity index (χ0v) is 15.0. The number of alkyl halides is 3. The number of nitrogen functional groups attached to an aromatic ring is 1. The molecule has 7 nitrogen and oxygen atoms in total. The Morgan fingerprint density at radius 2 is 1.86 bits per heavy atom. The van der Waals surface area contributed by atoms with Crippen molar-refractivity contribution in [2.45, 2.75) is 19.0 Å². The van der Waals surface area contributed by atoms with Crippen LogP contribution in [0.4, 0.5) is 19.1 Å². The molecule has 2 aromatic heterocycles. The Morgan fingerprint density at radius 3 is 2.48 bits per heavy atom. The second-order valence-corrected chi connectivity index (χ2v) is 6.18. The summed E-state index contributed by atoms with van der Waals surface area (Å²) in [6.07, 6.45) is -4.69. The van der Waals surface area contributed by atoms with Gasteiger partial charge in [0.1, 0.15) is 11.3 Å². The number of nitrogens with one attached hydrogen (secondary N) is 3. The fourth-order valence-corrected chi connectivity index (χ4v) is 2.68. The fraction of sp³-hybridized carbons (Fsp3) is 0.158. The largest absolute Gasteiger partial charge is 0.389 e. The third-order valence-electron chi connectivity index (χ3n) is 3.96. The first-order valence-corrected chi connectivity index (χ1v) is 8.56. The van der Waals surface area contributed by atoms with Crippen molar-refractivity contribution in [3.05, 3.63) is 64.5 Å². The first kappa shape index (κ1) is 20.1. The SMILES string of the molecule is N=C(CCC(F)(F)F)/N=c1\[nH]c(N)nc(-c2ccccc2)c1-c1ccc(=O)[nH]c1. The summed E-state index contributed by atoms with van der Waals surface area (Å²) in [6, 6.07) is 11.8. The van der Waals surface area contributed by atoms with Gasteiger partial charge in [0.15, 0.2) is 5.95 Å². The molecule has 3 aromatic rings. The molecular formula is C19H17F3N6O. The Kier molecular flexibility index (Phi) is 5.62. The summed E-state index contributed by atoms with van der Waals surface area (Å²) in [6.45, 7) is 0. The monoisotopic (exact) mass is 402 g/mol. The molecule has 0 saturated carbocycles. The number of H-pyrrole nitrogens is 2. The van der Waals surface area contributed by atoms with Gasteiger partial charge in [0, 0.05) is 29.8 Å². The molecule has 0 aliphatic rings. The van der Waals surface area contributed by atoms with Crippen molar-refractivity contribution in [3.8, 4) is 22.4 Å². The second-order valence-electron chi connectivity index (χ2n) is 6.18. The first-order valence-electron chi connectivity index (χ1n) is 8.56. The molecule has 0 bridgehead atoms. The van der Waals surface area contributed by atoms with E-state index in [1.54, 1.807) is 24.3 Å². The third kappa shape index (κ3) is 5.18. The van der Waals surface area contributed by atoms with Crippen molar-refractivity contribution >= 4 is 11.8 Å². The molecule has 0 spiro atoms. The van der Waals surface area contributed by atoms with E-state index in [1.807, 2.05) is 6.07 Å². The average Bonchev–Trinajstić information content (AvgIpc) is 2.67. The number of nitrogens with zero attached hydrogens (tertiary/aromatic N) is 2. The van der Waals surface area contributed by atoms with Crippen molar-refractivity contribution in [1.29, 1.82) is 5.41 Å². The lowest BCUT2D eigenvalue weighted by atomic mass is 10.0. The van der Waals surface area contributed by atoms with Gasteiger partial charge in [0.05, 0.1) is 17.7 Å². The van der Waals surface area contributed by atoms with Crippen LogP contribution in [0.2, 0.25) is 0 Å². The van der Waals surface area contributed by atoms with Gasteiger partial charge in [-0.2, -0.15) is 13.2 Å². The number of hydrogen-bond acceptors (Lipinski definition) is 4. The molecule has 1 aromatic carbocycles. The number of pyridine rings is 1. The lowest BCUT2D eigenvalue weighted by Gasteiger charge is -2.11. The quantitative estimate of drug-likeness (QED) is 0.396. The Balaban J connectivity index is 2.21. The number of benzene rings is 1. The molecule has 5 N–H and O–H groups in total. The van der Waals surface area contributed by atoms with Crippen LogP contribution in [0.3, 0.4) is 0 Å². The molecule has 0 radical (unpaired) electrons. The van der Waals surface area contributed by atoms with E-state index >= 15 is 0 Å². The Hall–Kier alpha value is -3.69. The van der Waals surface area contributed by atoms with Crippen LogP contribution < -0.4 is 16.8 Å². The minimum absolute atomic E-state index is 0.0144. The fourth-order valence-electron chi connectivity index (χ4n) is 2.68. The number of rotatable bonds is 4. The van der Waals surface area contributed by atoms with Gasteiger partial charge in [-0.1, -0.05) is 30.3 Å². The van der Waals surface area contributed by atoms with Gasteiger partial charge in [-0.25, -0.2) is 9.98 Å². The van der Waals surface area contributed by atoms with E-state index in [2.05, 4.69) is 19.9 Å². The zero-order valence-electron chi connectivity index (χ0n) is 15.0. The molecule has 2 heterocycles. The maximum absolute atomic E-state index is 12.5. The summed E-state index contributed by atoms with van der Waals surface area (Å²) >= 11 is 0. The predicted molar refractivity (Wildman–Crippen MR) is 103 cm³/mol. The van der Waals surface area contributed by atoms with Gasteiger partial charge in [0.2, 0.25) is 5.56 Å². The van der Waals surface area contributed by atoms with Gasteiger partial charge in [0.25, 0.3) is 0 Å². The summed E-state index contributed by atoms with van der Waals surface area (Å²) in [5.74, 6) is -0.478. The van der Waals surface area contributed by atoms with Crippen LogP contribution in [0.1, 0.15) is 12.8 Å². The molecular weight excluding hydrogens is 385 g/mol. The van der Waals surface area contributed by atoms with Gasteiger partial charge < -0.3 is 15.7 Å². The molecule has 3 rings (SSSR count). The smallest absolute Gasteiger partial charge is 0.369 e. The molecule has 0 aliphatic carbocycles. The van der Waals surface area contributed by atoms with Gasteiger partial charge in [-0.05, 0) is 6.07 Å². The molecule has 0 atom stereocenters. The van der Waals surface area contributed by atoms with Gasteiger partial charge in [-0.3, -0.25) is 10.2 Å². The van der Waals surface area contributed by atoms with E-state index < -0.39 is 24.9 Å². The summed E-state index contributed by atoms with van der Waals surface area (Å²) in [5, 5.41) is 7.84. The predicted octanol–water partition coefficient (Wildman–Crippen LogP) is 3.23. The molecule has 0 fully saturated rings. The maximum atomic E-state index is 12.5. The van der Waals surface area contributed by atoms with Crippen molar-refractivity contribution in [2.24, 2.45) is 4.99 Å². The van der Waals surface area contributed by atoms with E-state index in [-0.39, 0.29) is 17.0 Å². The molecule has 0 aliphatic heterocycles. The molecule has 10 heteroatoms. The number of nitrogens with two attached hydrogens (primary N) is 1. The lowest BCUT2D eigenvalue weighted by molar-refractivity contribution is -0.132. The van der Waals surface area contributed by atoms with Gasteiger partial charge in [-0.15, -0.1) is 0 Å². The summed E-state index contributed by atoms with van der Waals surface area (Å²) in [4.78, 5) is 25.0. The molecule has 150 valence electrons. The highest BCUT2D eigenvalue weighted by Crippen LogP contribution is 2.27. The summed E-state index contributed by atoms with van der Waals surface area (Å²) in [7, 11) is 0. The Morgan fingerprint density at radius 1 is 1.14 bits per heavy atom. The second kappa shape index (κ2) is 8.13. The Bertz CT molecular complexity index is 1130. The third-order valence-corrected chi connectivity index (χ3v) is 3.96. The molecule has 0 unspecified atom stereocenters. The highest BCUT2D eigenvalue weighted by atomic mass is 19.4. The number of aromatic amines is 2. The number of anilines is 1. The molecule has 0 amide bonds. The highest BCUT2D eigenvalue weighted by molar-refractivity contribution is 5.83. The minimum atomic E-state index is -4.39. The zero-order chi connectivity index (χ0) is 21.0. The maximum Gasteiger partial charge on any atom is 0.389 e. The topological polar surface area (TPSA) is 124 Å². The molecule has 29 heavy (non-hydrogen) atoms. The van der Waals surface area contributed by atoms with E-state index in [0.717, 1.165) is 0 Å². The van der Waals surface area contributed by atoms with Crippen molar-refractivity contribution in [2.75, 3.05) is 5.73 Å². The van der Waals surface area contributed by atoms with Crippen LogP contribution in [-0.2, 0) is 0 Å². The lowest BCUT2D eigenvalue weighted by Crippen LogP contribution is -2.20. The van der Waals surface area contributed by atoms with E-state index in [9.17, 15) is 18.0 Å². The minimum Gasteiger partial charge on any atom is -0.369 e. The van der Waals surface area contributed by atoms with Crippen LogP contribution >= 0.6 is 0 Å². The van der Waals surface area contributed by atoms with Crippen LogP contribution in [0.25, 0.3) is 22.4 Å². The molecule has 0 saturated heterocycles. The summed E-state index contributed by atoms with van der Waals surface area (Å²) in [5.41, 5.74) is 7.62. The highest BCUT2D eigenvalue weighted by Gasteiger charge is 2.27. The standard InChI is InChI=1S/C19H17F3N6O/c20-19(21,22)9-8-13(23)26-17-15(12-6-7-14(29)25-10-12)16(27-18(24)28-17)11-4-2-1-3-5-11/h1-7,10H,8-9H2,(H,25,29)(H4,23,24,26,27,28). The number of aromatic nitrogens is 3. The Labute approximate surface area is 162 Å². The summed E-state index contributed by atoms with van der Waals surface area (Å²) < 4.78 is 37.4. The van der Waals surface area contributed by atoms with Crippen LogP contribution in [0, 0.1) is 5.41 Å². The van der Waals surface area contributed by atoms with Crippen molar-refractivity contribution < 1.29 is 13.2 Å².